The van der Waals surface area contributed by atoms with Gasteiger partial charge in [0.15, 0.2) is 17.3 Å². The Morgan fingerprint density at radius 1 is 1.26 bits per heavy atom. The van der Waals surface area contributed by atoms with Crippen LogP contribution < -0.4 is 21.5 Å². The minimum Gasteiger partial charge on any atom is -0.373 e. The molecule has 1 aliphatic rings. The Hall–Kier alpha value is -4.42. The number of halogens is 3. The van der Waals surface area contributed by atoms with Crippen LogP contribution in [0.15, 0.2) is 53.7 Å². The molecule has 4 aromatic rings. The number of carbonyl (C=O) groups is 1. The maximum atomic E-state index is 14.2. The van der Waals surface area contributed by atoms with Crippen LogP contribution in [0, 0.1) is 5.82 Å². The molecule has 3 N–H and O–H groups in total. The van der Waals surface area contributed by atoms with Gasteiger partial charge in [-0.25, -0.2) is 23.1 Å². The highest BCUT2D eigenvalue weighted by atomic mass is 19.3. The fourth-order valence-electron chi connectivity index (χ4n) is 3.73. The molecule has 35 heavy (non-hydrogen) atoms. The third-order valence-electron chi connectivity index (χ3n) is 5.73. The fourth-order valence-corrected chi connectivity index (χ4v) is 3.73. The lowest BCUT2D eigenvalue weighted by molar-refractivity contribution is -0.102. The van der Waals surface area contributed by atoms with Crippen LogP contribution in [0.2, 0.25) is 0 Å². The molecule has 1 fully saturated rings. The second-order valence-electron chi connectivity index (χ2n) is 7.93. The number of nitrogens with one attached hydrogen (secondary N) is 3. The number of anilines is 3. The summed E-state index contributed by atoms with van der Waals surface area (Å²) in [5.41, 5.74) is -0.437. The van der Waals surface area contributed by atoms with Gasteiger partial charge >= 0.3 is 0 Å². The van der Waals surface area contributed by atoms with Gasteiger partial charge in [-0.2, -0.15) is 9.61 Å². The van der Waals surface area contributed by atoms with E-state index in [-0.39, 0.29) is 41.4 Å². The summed E-state index contributed by atoms with van der Waals surface area (Å²) in [7, 11) is 1.62. The predicted molar refractivity (Wildman–Crippen MR) is 121 cm³/mol. The smallest absolute Gasteiger partial charge is 0.280 e. The van der Waals surface area contributed by atoms with Gasteiger partial charge in [-0.3, -0.25) is 14.2 Å². The molecule has 0 bridgehead atoms. The number of carbonyl (C=O) groups excluding carboxylic acids is 1. The minimum atomic E-state index is -2.95. The molecule has 1 atom stereocenters. The first-order chi connectivity index (χ1) is 16.8. The van der Waals surface area contributed by atoms with Crippen molar-refractivity contribution < 1.29 is 18.0 Å². The molecule has 1 amide bonds. The second kappa shape index (κ2) is 8.42. The zero-order chi connectivity index (χ0) is 24.7. The highest BCUT2D eigenvalue weighted by Gasteiger charge is 2.49. The lowest BCUT2D eigenvalue weighted by atomic mass is 9.88. The average molecular weight is 484 g/mol. The number of amides is 1. The van der Waals surface area contributed by atoms with Crippen molar-refractivity contribution in [2.24, 2.45) is 0 Å². The van der Waals surface area contributed by atoms with Gasteiger partial charge in [0.2, 0.25) is 0 Å². The van der Waals surface area contributed by atoms with Crippen LogP contribution in [-0.4, -0.2) is 49.1 Å². The molecule has 0 unspecified atom stereocenters. The Morgan fingerprint density at radius 2 is 2.09 bits per heavy atom. The third kappa shape index (κ3) is 3.94. The number of aromatic nitrogens is 5. The predicted octanol–water partition coefficient (Wildman–Crippen LogP) is 2.73. The van der Waals surface area contributed by atoms with E-state index in [4.69, 9.17) is 0 Å². The lowest BCUT2D eigenvalue weighted by Crippen LogP contribution is -2.55. The van der Waals surface area contributed by atoms with Gasteiger partial charge in [0, 0.05) is 31.9 Å². The molecular weight excluding hydrogens is 465 g/mol. The summed E-state index contributed by atoms with van der Waals surface area (Å²) in [5.74, 6) is -3.93. The van der Waals surface area contributed by atoms with Crippen molar-refractivity contribution in [3.63, 3.8) is 0 Å². The van der Waals surface area contributed by atoms with Crippen LogP contribution in [0.5, 0.6) is 0 Å². The van der Waals surface area contributed by atoms with E-state index in [0.29, 0.717) is 5.82 Å². The van der Waals surface area contributed by atoms with Crippen LogP contribution in [0.1, 0.15) is 23.2 Å². The molecule has 13 heteroatoms. The number of hydrogen-bond acceptors (Lipinski definition) is 7. The summed E-state index contributed by atoms with van der Waals surface area (Å²) < 4.78 is 43.8. The molecule has 0 aromatic carbocycles. The Bertz CT molecular complexity index is 1500. The molecule has 0 radical (unpaired) electrons. The fraction of sp³-hybridized carbons (Fsp3) is 0.227. The first kappa shape index (κ1) is 22.4. The van der Waals surface area contributed by atoms with Gasteiger partial charge in [0.05, 0.1) is 12.2 Å². The van der Waals surface area contributed by atoms with E-state index < -0.39 is 29.2 Å². The maximum absolute atomic E-state index is 14.2. The Morgan fingerprint density at radius 3 is 2.77 bits per heavy atom. The summed E-state index contributed by atoms with van der Waals surface area (Å²) in [6.45, 7) is 0. The van der Waals surface area contributed by atoms with Crippen LogP contribution in [0.3, 0.4) is 0 Å². The molecule has 0 aliphatic heterocycles. The van der Waals surface area contributed by atoms with E-state index in [0.717, 1.165) is 4.57 Å². The van der Waals surface area contributed by atoms with Crippen molar-refractivity contribution in [1.29, 1.82) is 0 Å². The standard InChI is InChI=1S/C22H19F3N8O2/c1-26-17-10-16(29-14-5-3-9-32(21(14)35)19-13(23)4-2-8-27-19)31-18-12(11-28-33(17)18)20(34)30-15-6-7-22(15,24)25/h2-5,8-11,15,26H,6-7H2,1H3,(H,29,31)(H,30,34)/t15-/m0/s1. The number of fused-ring (bicyclic) bond motifs is 1. The number of rotatable bonds is 6. The first-order valence-corrected chi connectivity index (χ1v) is 10.6. The van der Waals surface area contributed by atoms with Crippen molar-refractivity contribution >= 4 is 28.9 Å². The Labute approximate surface area is 195 Å². The molecule has 4 heterocycles. The summed E-state index contributed by atoms with van der Waals surface area (Å²) >= 11 is 0. The monoisotopic (exact) mass is 484 g/mol. The maximum Gasteiger partial charge on any atom is 0.280 e. The molecule has 10 nitrogen and oxygen atoms in total. The van der Waals surface area contributed by atoms with E-state index in [1.165, 1.54) is 47.4 Å². The molecule has 1 aliphatic carbocycles. The minimum absolute atomic E-state index is 0.00567. The van der Waals surface area contributed by atoms with E-state index in [1.807, 2.05) is 0 Å². The van der Waals surface area contributed by atoms with Crippen LogP contribution >= 0.6 is 0 Å². The molecule has 1 saturated carbocycles. The number of alkyl halides is 2. The summed E-state index contributed by atoms with van der Waals surface area (Å²) in [6.07, 6.45) is 3.88. The number of nitrogens with zero attached hydrogens (tertiary/aromatic N) is 5. The number of pyridine rings is 2. The van der Waals surface area contributed by atoms with E-state index >= 15 is 0 Å². The molecule has 0 spiro atoms. The Kier molecular flexibility index (Phi) is 5.38. The van der Waals surface area contributed by atoms with Crippen molar-refractivity contribution in [1.82, 2.24) is 29.5 Å². The van der Waals surface area contributed by atoms with E-state index in [1.54, 1.807) is 13.1 Å². The van der Waals surface area contributed by atoms with E-state index in [9.17, 15) is 22.8 Å². The zero-order valence-corrected chi connectivity index (χ0v) is 18.3. The van der Waals surface area contributed by atoms with Crippen LogP contribution in [0.25, 0.3) is 11.5 Å². The SMILES string of the molecule is CNc1cc(Nc2cccn(-c3ncccc3F)c2=O)nc2c(C(=O)N[C@H]3CCC3(F)F)cnn12. The first-order valence-electron chi connectivity index (χ1n) is 10.6. The molecule has 5 rings (SSSR count). The molecule has 0 saturated heterocycles. The van der Waals surface area contributed by atoms with Gasteiger partial charge < -0.3 is 16.0 Å². The van der Waals surface area contributed by atoms with Gasteiger partial charge in [0.25, 0.3) is 17.4 Å². The van der Waals surface area contributed by atoms with Gasteiger partial charge in [-0.05, 0) is 30.7 Å². The summed E-state index contributed by atoms with van der Waals surface area (Å²) in [5, 5.41) is 12.2. The van der Waals surface area contributed by atoms with Crippen molar-refractivity contribution in [3.8, 4) is 5.82 Å². The van der Waals surface area contributed by atoms with Gasteiger partial charge in [0.1, 0.15) is 22.9 Å². The van der Waals surface area contributed by atoms with E-state index in [2.05, 4.69) is 31.0 Å². The van der Waals surface area contributed by atoms with Gasteiger partial charge in [-0.1, -0.05) is 0 Å². The third-order valence-corrected chi connectivity index (χ3v) is 5.73. The lowest BCUT2D eigenvalue weighted by Gasteiger charge is -2.36. The molecular formula is C22H19F3N8O2. The highest BCUT2D eigenvalue weighted by Crippen LogP contribution is 2.37. The van der Waals surface area contributed by atoms with Crippen molar-refractivity contribution in [3.05, 3.63) is 70.7 Å². The van der Waals surface area contributed by atoms with Crippen molar-refractivity contribution in [2.75, 3.05) is 17.7 Å². The Balaban J connectivity index is 1.50. The normalized spacial score (nSPS) is 16.5. The van der Waals surface area contributed by atoms with Crippen molar-refractivity contribution in [2.45, 2.75) is 24.8 Å². The topological polar surface area (TPSA) is 118 Å². The second-order valence-corrected chi connectivity index (χ2v) is 7.93. The van der Waals surface area contributed by atoms with Gasteiger partial charge in [-0.15, -0.1) is 0 Å². The summed E-state index contributed by atoms with van der Waals surface area (Å²) in [4.78, 5) is 34.0. The highest BCUT2D eigenvalue weighted by molar-refractivity contribution is 6.00. The largest absolute Gasteiger partial charge is 0.373 e. The molecule has 180 valence electrons. The zero-order valence-electron chi connectivity index (χ0n) is 18.3. The van der Waals surface area contributed by atoms with Crippen LogP contribution in [-0.2, 0) is 0 Å². The molecule has 4 aromatic heterocycles. The quantitative estimate of drug-likeness (QED) is 0.385. The average Bonchev–Trinajstić information content (AvgIpc) is 3.27. The van der Waals surface area contributed by atoms with Crippen LogP contribution in [0.4, 0.5) is 30.5 Å². The summed E-state index contributed by atoms with van der Waals surface area (Å²) in [6, 6.07) is 5.91. The number of hydrogen-bond donors (Lipinski definition) is 3.